The van der Waals surface area contributed by atoms with Gasteiger partial charge in [0.2, 0.25) is 0 Å². The number of amides is 1. The Kier molecular flexibility index (Phi) is 5.97. The first kappa shape index (κ1) is 23.0. The maximum absolute atomic E-state index is 15.4. The molecule has 1 N–H and O–H groups in total. The average Bonchev–Trinajstić information content (AvgIpc) is 3.53. The number of fused-ring (bicyclic) bond motifs is 6. The van der Waals surface area contributed by atoms with Crippen LogP contribution in [0.1, 0.15) is 22.5 Å². The molecule has 0 aliphatic carbocycles. The summed E-state index contributed by atoms with van der Waals surface area (Å²) in [6.07, 6.45) is 7.84. The highest BCUT2D eigenvalue weighted by atomic mass is 19.1. The first-order valence-corrected chi connectivity index (χ1v) is 12.1. The summed E-state index contributed by atoms with van der Waals surface area (Å²) >= 11 is 0. The summed E-state index contributed by atoms with van der Waals surface area (Å²) < 4.78 is 25.1. The fraction of sp³-hybridized carbons (Fsp3) is 0.269. The Labute approximate surface area is 212 Å². The Balaban J connectivity index is 1.42. The van der Waals surface area contributed by atoms with Crippen LogP contribution < -0.4 is 10.1 Å². The Hall–Kier alpha value is -4.38. The van der Waals surface area contributed by atoms with Gasteiger partial charge in [0.25, 0.3) is 5.91 Å². The largest absolute Gasteiger partial charge is 0.489 e. The van der Waals surface area contributed by atoms with E-state index in [2.05, 4.69) is 30.5 Å². The van der Waals surface area contributed by atoms with Gasteiger partial charge in [0.15, 0.2) is 5.82 Å². The molecule has 4 aromatic rings. The number of carbonyl (C=O) groups is 1. The second kappa shape index (κ2) is 9.58. The van der Waals surface area contributed by atoms with Crippen LogP contribution in [0.25, 0.3) is 22.6 Å². The lowest BCUT2D eigenvalue weighted by molar-refractivity contribution is 0.102. The smallest absolute Gasteiger partial charge is 0.260 e. The number of allylic oxidation sites excluding steroid dienone is 1. The molecule has 1 amide bonds. The van der Waals surface area contributed by atoms with E-state index in [9.17, 15) is 4.79 Å². The molecule has 2 bridgehead atoms. The lowest BCUT2D eigenvalue weighted by Gasteiger charge is -2.24. The Morgan fingerprint density at radius 2 is 2.00 bits per heavy atom. The molecule has 0 saturated carbocycles. The number of hydrogen-bond donors (Lipinski definition) is 1. The third kappa shape index (κ3) is 4.49. The van der Waals surface area contributed by atoms with Crippen molar-refractivity contribution in [3.8, 4) is 28.4 Å². The van der Waals surface area contributed by atoms with E-state index in [1.54, 1.807) is 24.7 Å². The van der Waals surface area contributed by atoms with Crippen LogP contribution in [-0.4, -0.2) is 60.5 Å². The number of halogens is 1. The average molecular weight is 501 g/mol. The van der Waals surface area contributed by atoms with Crippen molar-refractivity contribution in [2.45, 2.75) is 26.1 Å². The molecule has 3 aromatic heterocycles. The number of benzene rings is 1. The van der Waals surface area contributed by atoms with Crippen molar-refractivity contribution in [3.05, 3.63) is 72.1 Å². The molecule has 10 nitrogen and oxygen atoms in total. The van der Waals surface area contributed by atoms with Crippen molar-refractivity contribution in [1.29, 1.82) is 0 Å². The molecule has 1 aromatic carbocycles. The number of likely N-dealkylation sites (N-methyl/N-ethyl adjacent to an activating group) is 1. The van der Waals surface area contributed by atoms with E-state index in [0.717, 1.165) is 18.8 Å². The molecule has 11 heteroatoms. The summed E-state index contributed by atoms with van der Waals surface area (Å²) in [5.74, 6) is 0.169. The molecule has 37 heavy (non-hydrogen) atoms. The predicted molar refractivity (Wildman–Crippen MR) is 134 cm³/mol. The molecule has 0 saturated heterocycles. The number of carbonyl (C=O) groups excluding carboxylic acids is 1. The molecule has 2 aliphatic heterocycles. The number of ether oxygens (including phenoxy) is 1. The van der Waals surface area contributed by atoms with Gasteiger partial charge in [-0.3, -0.25) is 14.4 Å². The van der Waals surface area contributed by atoms with Crippen molar-refractivity contribution in [2.24, 2.45) is 0 Å². The number of hydrogen-bond acceptors (Lipinski definition) is 7. The molecule has 188 valence electrons. The normalized spacial score (nSPS) is 16.9. The molecule has 0 radical (unpaired) electrons. The van der Waals surface area contributed by atoms with Crippen LogP contribution in [-0.2, 0) is 19.6 Å². The molecular weight excluding hydrogens is 475 g/mol. The lowest BCUT2D eigenvalue weighted by atomic mass is 10.0. The minimum Gasteiger partial charge on any atom is -0.489 e. The number of pyridine rings is 1. The van der Waals surface area contributed by atoms with Crippen LogP contribution in [0, 0.1) is 5.82 Å². The minimum atomic E-state index is -0.476. The van der Waals surface area contributed by atoms with Crippen LogP contribution in [0.3, 0.4) is 0 Å². The summed E-state index contributed by atoms with van der Waals surface area (Å²) in [5.41, 5.74) is 2.67. The van der Waals surface area contributed by atoms with Gasteiger partial charge in [0.1, 0.15) is 36.0 Å². The number of nitrogens with zero attached hydrogens (tertiary/aromatic N) is 7. The Morgan fingerprint density at radius 3 is 2.92 bits per heavy atom. The van der Waals surface area contributed by atoms with Gasteiger partial charge in [-0.25, -0.2) is 9.37 Å². The lowest BCUT2D eigenvalue weighted by Crippen LogP contribution is -2.30. The topological polar surface area (TPSA) is 103 Å². The van der Waals surface area contributed by atoms with Gasteiger partial charge in [-0.15, -0.1) is 10.2 Å². The highest BCUT2D eigenvalue weighted by Gasteiger charge is 2.24. The van der Waals surface area contributed by atoms with Crippen LogP contribution in [0.5, 0.6) is 5.75 Å². The number of rotatable bonds is 1. The fourth-order valence-electron chi connectivity index (χ4n) is 4.62. The van der Waals surface area contributed by atoms with Gasteiger partial charge in [-0.1, -0.05) is 18.2 Å². The summed E-state index contributed by atoms with van der Waals surface area (Å²) in [7, 11) is 2.01. The number of aryl methyl sites for hydroxylation is 1. The van der Waals surface area contributed by atoms with E-state index in [1.807, 2.05) is 34.5 Å². The monoisotopic (exact) mass is 500 g/mol. The molecule has 0 atom stereocenters. The molecule has 0 spiro atoms. The van der Waals surface area contributed by atoms with Crippen molar-refractivity contribution < 1.29 is 13.9 Å². The van der Waals surface area contributed by atoms with Gasteiger partial charge in [-0.2, -0.15) is 5.10 Å². The highest BCUT2D eigenvalue weighted by Crippen LogP contribution is 2.34. The number of anilines is 1. The van der Waals surface area contributed by atoms with Gasteiger partial charge in [0.05, 0.1) is 24.0 Å². The first-order valence-electron chi connectivity index (χ1n) is 12.1. The third-order valence-electron chi connectivity index (χ3n) is 6.54. The molecule has 5 heterocycles. The van der Waals surface area contributed by atoms with E-state index in [-0.39, 0.29) is 17.9 Å². The standard InChI is InChI=1S/C26H25FN8O2/c1-33-9-10-35-22(15-33)19(14-29-35)17-12-18-23(13-20(17)27)37-11-4-2-3-8-34-16-28-32-25(34)21-6-5-7-24(30-21)31-26(18)36/h2,4-7,12-14,16H,3,8-11,15H2,1H3,(H,30,31,36)/b4-2-. The third-order valence-corrected chi connectivity index (χ3v) is 6.54. The Bertz CT molecular complexity index is 1510. The van der Waals surface area contributed by atoms with Crippen molar-refractivity contribution in [2.75, 3.05) is 25.5 Å². The van der Waals surface area contributed by atoms with Crippen molar-refractivity contribution in [1.82, 2.24) is 34.4 Å². The molecule has 0 unspecified atom stereocenters. The van der Waals surface area contributed by atoms with E-state index >= 15 is 4.39 Å². The van der Waals surface area contributed by atoms with Crippen LogP contribution in [0.4, 0.5) is 10.2 Å². The first-order chi connectivity index (χ1) is 18.1. The zero-order valence-electron chi connectivity index (χ0n) is 20.3. The summed E-state index contributed by atoms with van der Waals surface area (Å²) in [6, 6.07) is 8.11. The number of nitrogens with one attached hydrogen (secondary N) is 1. The number of aromatic nitrogens is 6. The molecule has 0 fully saturated rings. The second-order valence-electron chi connectivity index (χ2n) is 9.08. The van der Waals surface area contributed by atoms with E-state index in [0.29, 0.717) is 48.0 Å². The van der Waals surface area contributed by atoms with Gasteiger partial charge < -0.3 is 14.6 Å². The summed E-state index contributed by atoms with van der Waals surface area (Å²) in [5, 5.41) is 15.5. The van der Waals surface area contributed by atoms with Gasteiger partial charge in [-0.05, 0) is 31.7 Å². The van der Waals surface area contributed by atoms with E-state index < -0.39 is 11.7 Å². The fourth-order valence-corrected chi connectivity index (χ4v) is 4.62. The quantitative estimate of drug-likeness (QED) is 0.400. The molecular formula is C26H25FN8O2. The maximum Gasteiger partial charge on any atom is 0.260 e. The highest BCUT2D eigenvalue weighted by molar-refractivity contribution is 6.06. The maximum atomic E-state index is 15.4. The van der Waals surface area contributed by atoms with Crippen molar-refractivity contribution in [3.63, 3.8) is 0 Å². The summed E-state index contributed by atoms with van der Waals surface area (Å²) in [4.78, 5) is 20.2. The van der Waals surface area contributed by atoms with Gasteiger partial charge in [0, 0.05) is 36.8 Å². The van der Waals surface area contributed by atoms with Crippen LogP contribution in [0.2, 0.25) is 0 Å². The van der Waals surface area contributed by atoms with E-state index in [4.69, 9.17) is 4.74 Å². The van der Waals surface area contributed by atoms with Gasteiger partial charge >= 0.3 is 0 Å². The zero-order chi connectivity index (χ0) is 25.4. The van der Waals surface area contributed by atoms with Crippen LogP contribution in [0.15, 0.2) is 55.0 Å². The summed E-state index contributed by atoms with van der Waals surface area (Å²) in [6.45, 7) is 3.07. The molecule has 6 rings (SSSR count). The SMILES string of the molecule is CN1CCn2ncc(-c3cc4c(cc3F)OC/C=C\CCn3cnnc3-c3cccc(n3)NC4=O)c2C1. The van der Waals surface area contributed by atoms with Crippen molar-refractivity contribution >= 4 is 11.7 Å². The zero-order valence-corrected chi connectivity index (χ0v) is 20.3. The second-order valence-corrected chi connectivity index (χ2v) is 9.08. The minimum absolute atomic E-state index is 0.157. The predicted octanol–water partition coefficient (Wildman–Crippen LogP) is 3.38. The van der Waals surface area contributed by atoms with Crippen LogP contribution >= 0.6 is 0 Å². The van der Waals surface area contributed by atoms with E-state index in [1.165, 1.54) is 12.1 Å². The Morgan fingerprint density at radius 1 is 1.08 bits per heavy atom. The molecule has 2 aliphatic rings.